The van der Waals surface area contributed by atoms with E-state index in [0.717, 1.165) is 22.6 Å². The first-order valence-electron chi connectivity index (χ1n) is 10.1. The van der Waals surface area contributed by atoms with Crippen molar-refractivity contribution in [3.8, 4) is 5.69 Å². The highest BCUT2D eigenvalue weighted by Crippen LogP contribution is 2.14. The van der Waals surface area contributed by atoms with Crippen molar-refractivity contribution in [2.45, 2.75) is 13.8 Å². The summed E-state index contributed by atoms with van der Waals surface area (Å²) < 4.78 is 1.97. The van der Waals surface area contributed by atoms with Crippen molar-refractivity contribution in [3.05, 3.63) is 89.5 Å². The van der Waals surface area contributed by atoms with E-state index < -0.39 is 0 Å². The zero-order chi connectivity index (χ0) is 21.8. The molecule has 2 heterocycles. The number of fused-ring (bicyclic) bond motifs is 1. The van der Waals surface area contributed by atoms with Gasteiger partial charge in [0.1, 0.15) is 0 Å². The smallest absolute Gasteiger partial charge is 0.251 e. The van der Waals surface area contributed by atoms with E-state index in [1.807, 2.05) is 55.1 Å². The van der Waals surface area contributed by atoms with Crippen LogP contribution in [-0.4, -0.2) is 39.4 Å². The minimum atomic E-state index is -0.216. The molecule has 2 N–H and O–H groups in total. The maximum atomic E-state index is 12.4. The number of carbonyl (C=O) groups is 2. The molecule has 2 aromatic heterocycles. The Morgan fingerprint density at radius 3 is 1.97 bits per heavy atom. The van der Waals surface area contributed by atoms with E-state index >= 15 is 0 Å². The van der Waals surface area contributed by atoms with Gasteiger partial charge in [0.25, 0.3) is 11.8 Å². The Bertz CT molecular complexity index is 1230. The predicted molar refractivity (Wildman–Crippen MR) is 119 cm³/mol. The second-order valence-electron chi connectivity index (χ2n) is 7.25. The molecule has 0 aliphatic heterocycles. The molecule has 0 radical (unpaired) electrons. The molecular formula is C24H23N5O2. The number of carbonyl (C=O) groups excluding carboxylic acids is 2. The Labute approximate surface area is 180 Å². The largest absolute Gasteiger partial charge is 0.350 e. The summed E-state index contributed by atoms with van der Waals surface area (Å²) >= 11 is 0. The van der Waals surface area contributed by atoms with Gasteiger partial charge in [-0.05, 0) is 68.4 Å². The van der Waals surface area contributed by atoms with E-state index in [1.54, 1.807) is 30.3 Å². The van der Waals surface area contributed by atoms with Gasteiger partial charge in [0, 0.05) is 42.3 Å². The second kappa shape index (κ2) is 8.79. The summed E-state index contributed by atoms with van der Waals surface area (Å²) in [7, 11) is 0. The Morgan fingerprint density at radius 1 is 0.774 bits per heavy atom. The summed E-state index contributed by atoms with van der Waals surface area (Å²) in [5.41, 5.74) is 5.23. The number of amides is 2. The zero-order valence-corrected chi connectivity index (χ0v) is 17.4. The summed E-state index contributed by atoms with van der Waals surface area (Å²) in [6.45, 7) is 4.46. The number of hydrogen-bond acceptors (Lipinski definition) is 4. The van der Waals surface area contributed by atoms with Crippen molar-refractivity contribution >= 4 is 22.8 Å². The molecule has 0 fully saturated rings. The lowest BCUT2D eigenvalue weighted by molar-refractivity contribution is 0.0928. The first kappa shape index (κ1) is 20.3. The highest BCUT2D eigenvalue weighted by molar-refractivity contribution is 5.97. The quantitative estimate of drug-likeness (QED) is 0.475. The van der Waals surface area contributed by atoms with Crippen molar-refractivity contribution in [2.75, 3.05) is 13.1 Å². The molecule has 7 nitrogen and oxygen atoms in total. The molecule has 4 aromatic rings. The van der Waals surface area contributed by atoms with Gasteiger partial charge in [-0.15, -0.1) is 0 Å². The van der Waals surface area contributed by atoms with Gasteiger partial charge in [-0.2, -0.15) is 0 Å². The van der Waals surface area contributed by atoms with Crippen LogP contribution in [0.1, 0.15) is 32.1 Å². The Balaban J connectivity index is 1.29. The fraction of sp³-hybridized carbons (Fsp3) is 0.167. The van der Waals surface area contributed by atoms with E-state index in [0.29, 0.717) is 29.7 Å². The number of benzene rings is 2. The van der Waals surface area contributed by atoms with E-state index in [1.165, 1.54) is 0 Å². The van der Waals surface area contributed by atoms with Crippen LogP contribution in [0.3, 0.4) is 0 Å². The lowest BCUT2D eigenvalue weighted by atomic mass is 10.1. The predicted octanol–water partition coefficient (Wildman–Crippen LogP) is 3.20. The summed E-state index contributed by atoms with van der Waals surface area (Å²) in [5.74, 6) is -0.396. The summed E-state index contributed by atoms with van der Waals surface area (Å²) in [6.07, 6.45) is 3.89. The highest BCUT2D eigenvalue weighted by atomic mass is 16.2. The van der Waals surface area contributed by atoms with Crippen LogP contribution >= 0.6 is 0 Å². The maximum Gasteiger partial charge on any atom is 0.251 e. The van der Waals surface area contributed by atoms with E-state index in [-0.39, 0.29) is 11.8 Å². The first-order chi connectivity index (χ1) is 15.0. The number of aryl methyl sites for hydroxylation is 2. The SMILES string of the molecule is Cc1nc2ccc(C(=O)NCCNC(=O)c3ccc(-n4cccc4)cc3)cc2nc1C. The van der Waals surface area contributed by atoms with Crippen LogP contribution in [-0.2, 0) is 0 Å². The molecule has 0 saturated carbocycles. The maximum absolute atomic E-state index is 12.4. The van der Waals surface area contributed by atoms with Crippen molar-refractivity contribution in [1.82, 2.24) is 25.2 Å². The Hall–Kier alpha value is -4.00. The number of aromatic nitrogens is 3. The molecule has 0 spiro atoms. The fourth-order valence-corrected chi connectivity index (χ4v) is 3.22. The standard InChI is InChI=1S/C24H23N5O2/c1-16-17(2)28-22-15-19(7-10-21(22)27-16)24(31)26-12-11-25-23(30)18-5-8-20(9-6-18)29-13-3-4-14-29/h3-10,13-15H,11-12H2,1-2H3,(H,25,30)(H,26,31). The van der Waals surface area contributed by atoms with E-state index in [2.05, 4.69) is 20.6 Å². The molecule has 0 aliphatic rings. The summed E-state index contributed by atoms with van der Waals surface area (Å²) in [6, 6.07) is 16.5. The minimum Gasteiger partial charge on any atom is -0.350 e. The van der Waals surface area contributed by atoms with Crippen LogP contribution in [0.5, 0.6) is 0 Å². The number of rotatable bonds is 6. The van der Waals surface area contributed by atoms with Crippen LogP contribution in [0.25, 0.3) is 16.7 Å². The molecule has 31 heavy (non-hydrogen) atoms. The molecule has 7 heteroatoms. The normalized spacial score (nSPS) is 10.8. The molecular weight excluding hydrogens is 390 g/mol. The first-order valence-corrected chi connectivity index (χ1v) is 10.1. The van der Waals surface area contributed by atoms with Gasteiger partial charge in [-0.25, -0.2) is 9.97 Å². The van der Waals surface area contributed by atoms with E-state index in [9.17, 15) is 9.59 Å². The lowest BCUT2D eigenvalue weighted by Gasteiger charge is -2.09. The van der Waals surface area contributed by atoms with Crippen molar-refractivity contribution in [3.63, 3.8) is 0 Å². The topological polar surface area (TPSA) is 88.9 Å². The van der Waals surface area contributed by atoms with Gasteiger partial charge in [-0.1, -0.05) is 0 Å². The van der Waals surface area contributed by atoms with Crippen molar-refractivity contribution < 1.29 is 9.59 Å². The van der Waals surface area contributed by atoms with Gasteiger partial charge in [-0.3, -0.25) is 9.59 Å². The van der Waals surface area contributed by atoms with Crippen LogP contribution < -0.4 is 10.6 Å². The molecule has 0 aliphatic carbocycles. The molecule has 0 atom stereocenters. The molecule has 2 aromatic carbocycles. The van der Waals surface area contributed by atoms with Gasteiger partial charge in [0.2, 0.25) is 0 Å². The monoisotopic (exact) mass is 413 g/mol. The van der Waals surface area contributed by atoms with E-state index in [4.69, 9.17) is 0 Å². The Kier molecular flexibility index (Phi) is 5.75. The van der Waals surface area contributed by atoms with Crippen molar-refractivity contribution in [1.29, 1.82) is 0 Å². The summed E-state index contributed by atoms with van der Waals surface area (Å²) in [4.78, 5) is 33.7. The minimum absolute atomic E-state index is 0.180. The molecule has 156 valence electrons. The third-order valence-corrected chi connectivity index (χ3v) is 5.07. The van der Waals surface area contributed by atoms with Crippen LogP contribution in [0.15, 0.2) is 67.0 Å². The third kappa shape index (κ3) is 4.61. The highest BCUT2D eigenvalue weighted by Gasteiger charge is 2.09. The van der Waals surface area contributed by atoms with Crippen LogP contribution in [0.2, 0.25) is 0 Å². The Morgan fingerprint density at radius 2 is 1.32 bits per heavy atom. The number of nitrogens with zero attached hydrogens (tertiary/aromatic N) is 3. The number of nitrogens with one attached hydrogen (secondary N) is 2. The second-order valence-corrected chi connectivity index (χ2v) is 7.25. The third-order valence-electron chi connectivity index (χ3n) is 5.07. The van der Waals surface area contributed by atoms with Crippen LogP contribution in [0.4, 0.5) is 0 Å². The molecule has 0 bridgehead atoms. The molecule has 0 unspecified atom stereocenters. The van der Waals surface area contributed by atoms with Gasteiger partial charge < -0.3 is 15.2 Å². The fourth-order valence-electron chi connectivity index (χ4n) is 3.22. The van der Waals surface area contributed by atoms with Gasteiger partial charge in [0.05, 0.1) is 22.4 Å². The lowest BCUT2D eigenvalue weighted by Crippen LogP contribution is -2.34. The number of hydrogen-bond donors (Lipinski definition) is 2. The summed E-state index contributed by atoms with van der Waals surface area (Å²) in [5, 5.41) is 5.64. The average molecular weight is 413 g/mol. The van der Waals surface area contributed by atoms with Crippen LogP contribution in [0, 0.1) is 13.8 Å². The molecule has 0 saturated heterocycles. The van der Waals surface area contributed by atoms with Gasteiger partial charge >= 0.3 is 0 Å². The molecule has 4 rings (SSSR count). The van der Waals surface area contributed by atoms with Gasteiger partial charge in [0.15, 0.2) is 0 Å². The average Bonchev–Trinajstić information content (AvgIpc) is 3.32. The van der Waals surface area contributed by atoms with Crippen molar-refractivity contribution in [2.24, 2.45) is 0 Å². The molecule has 2 amide bonds. The zero-order valence-electron chi connectivity index (χ0n) is 17.4.